The summed E-state index contributed by atoms with van der Waals surface area (Å²) in [6, 6.07) is 6.45. The summed E-state index contributed by atoms with van der Waals surface area (Å²) in [6.45, 7) is 12.9. The van der Waals surface area contributed by atoms with Gasteiger partial charge in [0.1, 0.15) is 12.1 Å². The number of pyridine rings is 1. The quantitative estimate of drug-likeness (QED) is 0.193. The van der Waals surface area contributed by atoms with Crippen LogP contribution in [0.4, 0.5) is 18.9 Å². The molecule has 1 saturated carbocycles. The van der Waals surface area contributed by atoms with Crippen molar-refractivity contribution in [3.8, 4) is 22.5 Å². The average molecular weight is 1040 g/mol. The number of likely N-dealkylation sites (N-methyl/N-ethyl adjacent to an activating group) is 1. The third-order valence-electron chi connectivity index (χ3n) is 12.6. The second-order valence-electron chi connectivity index (χ2n) is 17.7. The smallest absolute Gasteiger partial charge is 0.392 e. The zero-order valence-electron chi connectivity index (χ0n) is 38.1. The number of piperazine rings is 1. The SMILES string of the molecule is CCn1c(-c2cc(N3CCN(C)CC3)cnc2[C@H](C)OC)c2c3cc(ccc31)-c1csc(n1)C[C@H](NC(=O)[C@H]1C[C@@H]1C(F)(F)F)C(=O)N1CCC[C@H](N1)C(=O)OCC(C)(C)C2.S.S.S.S.S. The number of aryl methyl sites for hydroxylation is 1. The Balaban J connectivity index is 0.00000231. The molecule has 5 atom stereocenters. The van der Waals surface area contributed by atoms with E-state index in [1.54, 1.807) is 7.11 Å². The molecular formula is C44H65F3N8O5S6. The normalized spacial score (nSPS) is 22.5. The highest BCUT2D eigenvalue weighted by Crippen LogP contribution is 2.50. The summed E-state index contributed by atoms with van der Waals surface area (Å²) in [5.74, 6) is -4.88. The number of benzene rings is 1. The van der Waals surface area contributed by atoms with Crippen molar-refractivity contribution in [2.45, 2.75) is 90.7 Å². The molecular weight excluding hydrogens is 970 g/mol. The maximum Gasteiger partial charge on any atom is 0.392 e. The van der Waals surface area contributed by atoms with E-state index < -0.39 is 53.3 Å². The molecule has 0 unspecified atom stereocenters. The largest absolute Gasteiger partial charge is 0.464 e. The number of nitrogens with zero attached hydrogens (tertiary/aromatic N) is 6. The number of rotatable bonds is 7. The summed E-state index contributed by atoms with van der Waals surface area (Å²) in [6.07, 6.45) is -1.77. The maximum atomic E-state index is 14.1. The molecule has 22 heteroatoms. The third kappa shape index (κ3) is 12.1. The number of thiazole rings is 1. The van der Waals surface area contributed by atoms with E-state index in [9.17, 15) is 27.6 Å². The summed E-state index contributed by atoms with van der Waals surface area (Å²) in [7, 11) is 3.82. The minimum Gasteiger partial charge on any atom is -0.464 e. The van der Waals surface area contributed by atoms with Gasteiger partial charge in [-0.05, 0) is 70.3 Å². The minimum absolute atomic E-state index is 0. The molecule has 1 aromatic carbocycles. The van der Waals surface area contributed by atoms with Gasteiger partial charge >= 0.3 is 12.1 Å². The number of halogens is 3. The van der Waals surface area contributed by atoms with Gasteiger partial charge < -0.3 is 29.2 Å². The van der Waals surface area contributed by atoms with Gasteiger partial charge in [-0.1, -0.05) is 19.9 Å². The van der Waals surface area contributed by atoms with Gasteiger partial charge in [-0.15, -0.1) is 11.3 Å². The van der Waals surface area contributed by atoms with Crippen LogP contribution in [0.5, 0.6) is 0 Å². The summed E-state index contributed by atoms with van der Waals surface area (Å²) < 4.78 is 54.7. The number of amides is 2. The molecule has 2 saturated heterocycles. The Morgan fingerprint density at radius 3 is 2.44 bits per heavy atom. The van der Waals surface area contributed by atoms with E-state index in [1.807, 2.05) is 24.6 Å². The number of alkyl halides is 3. The topological polar surface area (TPSA) is 134 Å². The Morgan fingerprint density at radius 1 is 1.08 bits per heavy atom. The molecule has 13 nitrogen and oxygen atoms in total. The molecule has 6 bridgehead atoms. The first kappa shape index (κ1) is 57.5. The molecule has 2 amide bonds. The van der Waals surface area contributed by atoms with Gasteiger partial charge in [-0.25, -0.2) is 10.4 Å². The second-order valence-corrected chi connectivity index (χ2v) is 18.7. The number of nitrogens with one attached hydrogen (secondary N) is 2. The zero-order chi connectivity index (χ0) is 43.4. The summed E-state index contributed by atoms with van der Waals surface area (Å²) in [5, 5.41) is 7.37. The lowest BCUT2D eigenvalue weighted by Crippen LogP contribution is -2.60. The molecule has 4 aliphatic rings. The summed E-state index contributed by atoms with van der Waals surface area (Å²) in [5.41, 5.74) is 9.93. The van der Waals surface area contributed by atoms with Crippen LogP contribution in [-0.4, -0.2) is 114 Å². The molecule has 2 N–H and O–H groups in total. The predicted molar refractivity (Wildman–Crippen MR) is 279 cm³/mol. The molecule has 368 valence electrons. The number of cyclic esters (lactones) is 1. The van der Waals surface area contributed by atoms with Crippen LogP contribution in [0, 0.1) is 17.3 Å². The number of carbonyl (C=O) groups is 3. The van der Waals surface area contributed by atoms with Crippen LogP contribution in [0.2, 0.25) is 0 Å². The Morgan fingerprint density at radius 2 is 1.79 bits per heavy atom. The first-order valence-corrected chi connectivity index (χ1v) is 22.1. The van der Waals surface area contributed by atoms with Crippen LogP contribution in [0.15, 0.2) is 35.8 Å². The van der Waals surface area contributed by atoms with Crippen molar-refractivity contribution in [2.24, 2.45) is 17.3 Å². The van der Waals surface area contributed by atoms with E-state index in [-0.39, 0.29) is 99.6 Å². The molecule has 66 heavy (non-hydrogen) atoms. The predicted octanol–water partition coefficient (Wildman–Crippen LogP) is 6.72. The van der Waals surface area contributed by atoms with Crippen molar-refractivity contribution in [1.29, 1.82) is 0 Å². The van der Waals surface area contributed by atoms with Gasteiger partial charge in [0.05, 0.1) is 58.5 Å². The number of fused-ring (bicyclic) bond motifs is 6. The van der Waals surface area contributed by atoms with Gasteiger partial charge in [-0.2, -0.15) is 80.6 Å². The fourth-order valence-electron chi connectivity index (χ4n) is 8.96. The zero-order valence-corrected chi connectivity index (χ0v) is 43.9. The molecule has 4 aromatic rings. The van der Waals surface area contributed by atoms with E-state index in [4.69, 9.17) is 19.4 Å². The number of hydrogen-bond acceptors (Lipinski definition) is 11. The van der Waals surface area contributed by atoms with E-state index in [0.717, 1.165) is 70.8 Å². The number of methoxy groups -OCH3 is 1. The highest BCUT2D eigenvalue weighted by atomic mass is 32.1. The van der Waals surface area contributed by atoms with Crippen LogP contribution in [-0.2, 0) is 43.2 Å². The van der Waals surface area contributed by atoms with Crippen molar-refractivity contribution < 1.29 is 37.0 Å². The first-order valence-electron chi connectivity index (χ1n) is 21.2. The minimum atomic E-state index is -4.50. The number of anilines is 1. The number of hydrogen-bond donors (Lipinski definition) is 2. The molecule has 0 radical (unpaired) electrons. The lowest BCUT2D eigenvalue weighted by atomic mass is 9.84. The second kappa shape index (κ2) is 23.2. The highest BCUT2D eigenvalue weighted by Gasteiger charge is 2.59. The van der Waals surface area contributed by atoms with Crippen LogP contribution in [0.1, 0.15) is 69.3 Å². The van der Waals surface area contributed by atoms with Crippen LogP contribution in [0.3, 0.4) is 0 Å². The van der Waals surface area contributed by atoms with E-state index in [0.29, 0.717) is 36.5 Å². The fraction of sp³-hybridized carbons (Fsp3) is 0.568. The first-order chi connectivity index (χ1) is 29.0. The fourth-order valence-corrected chi connectivity index (χ4v) is 9.81. The summed E-state index contributed by atoms with van der Waals surface area (Å²) >= 11 is 1.32. The van der Waals surface area contributed by atoms with Crippen molar-refractivity contribution >= 4 is 113 Å². The Labute approximate surface area is 423 Å². The van der Waals surface area contributed by atoms with Crippen LogP contribution >= 0.6 is 78.8 Å². The average Bonchev–Trinajstić information content (AvgIpc) is 3.86. The Bertz CT molecular complexity index is 2320. The Hall–Kier alpha value is -2.83. The van der Waals surface area contributed by atoms with Gasteiger partial charge in [0.15, 0.2) is 0 Å². The number of aromatic nitrogens is 3. The van der Waals surface area contributed by atoms with E-state index in [2.05, 4.69) is 71.1 Å². The molecule has 6 heterocycles. The molecule has 1 aliphatic carbocycles. The number of hydrazine groups is 1. The third-order valence-corrected chi connectivity index (χ3v) is 13.5. The van der Waals surface area contributed by atoms with Gasteiger partial charge in [-0.3, -0.25) is 24.4 Å². The lowest BCUT2D eigenvalue weighted by Gasteiger charge is -2.35. The van der Waals surface area contributed by atoms with E-state index >= 15 is 0 Å². The number of ether oxygens (including phenoxy) is 2. The molecule has 3 fully saturated rings. The van der Waals surface area contributed by atoms with Crippen LogP contribution < -0.4 is 15.6 Å². The maximum absolute atomic E-state index is 14.1. The van der Waals surface area contributed by atoms with Crippen molar-refractivity contribution in [2.75, 3.05) is 58.4 Å². The molecule has 0 spiro atoms. The summed E-state index contributed by atoms with van der Waals surface area (Å²) in [4.78, 5) is 55.8. The number of carbonyl (C=O) groups excluding carboxylic acids is 3. The van der Waals surface area contributed by atoms with Crippen molar-refractivity contribution in [3.63, 3.8) is 0 Å². The van der Waals surface area contributed by atoms with Crippen molar-refractivity contribution in [1.82, 2.24) is 35.2 Å². The standard InChI is InChI=1S/C44H55F3N8O5S.5H2S/c1-7-54-36-11-10-26-17-28(36)31(39(54)30-18-27(22-48-38(30)25(2)59-6)53-15-13-52(5)14-16-53)21-43(3,4)24-60-42(58)33-9-8-12-55(51-33)41(57)34(20-37-49-35(26)23-61-37)50-40(56)29-19-32(29)44(45,46)47;;;;;/h10-11,17-18,22-23,25,29,32-34,51H,7-9,12-16,19-21,24H2,1-6H3,(H,50,56);5*1H2/t25-,29-,32-,33-,34-;;;;;/m0...../s1. The van der Waals surface area contributed by atoms with Gasteiger partial charge in [0.25, 0.3) is 5.91 Å². The van der Waals surface area contributed by atoms with Gasteiger partial charge in [0, 0.05) is 85.6 Å². The molecule has 3 aromatic heterocycles. The van der Waals surface area contributed by atoms with Crippen LogP contribution in [0.25, 0.3) is 33.4 Å². The number of esters is 1. The van der Waals surface area contributed by atoms with Gasteiger partial charge in [0.2, 0.25) is 5.91 Å². The Kier molecular flexibility index (Phi) is 20.2. The molecule has 8 rings (SSSR count). The monoisotopic (exact) mass is 1030 g/mol. The molecule has 3 aliphatic heterocycles. The highest BCUT2D eigenvalue weighted by molar-refractivity contribution is 7.60. The lowest BCUT2D eigenvalue weighted by molar-refractivity contribution is -0.156. The van der Waals surface area contributed by atoms with Crippen molar-refractivity contribution in [3.05, 3.63) is 52.1 Å². The van der Waals surface area contributed by atoms with E-state index in [1.165, 1.54) is 16.3 Å².